The van der Waals surface area contributed by atoms with Gasteiger partial charge in [-0.1, -0.05) is 19.8 Å². The quantitative estimate of drug-likeness (QED) is 0.639. The van der Waals surface area contributed by atoms with Crippen LogP contribution in [-0.2, 0) is 14.3 Å². The lowest BCUT2D eigenvalue weighted by Crippen LogP contribution is -2.50. The van der Waals surface area contributed by atoms with Crippen LogP contribution in [0.1, 0.15) is 92.9 Å². The molecule has 0 radical (unpaired) electrons. The minimum Gasteiger partial charge on any atom is -0.376 e. The Balaban J connectivity index is 2.07. The van der Waals surface area contributed by atoms with Gasteiger partial charge in [-0.25, -0.2) is 0 Å². The number of carbonyl (C=O) groups excluding carboxylic acids is 1. The molecule has 0 N–H and O–H groups in total. The van der Waals surface area contributed by atoms with Gasteiger partial charge in [0.15, 0.2) is 0 Å². The maximum atomic E-state index is 12.4. The van der Waals surface area contributed by atoms with E-state index in [1.165, 1.54) is 19.3 Å². The lowest BCUT2D eigenvalue weighted by molar-refractivity contribution is -0.140. The molecule has 2 atom stereocenters. The molecule has 0 aromatic heterocycles. The van der Waals surface area contributed by atoms with E-state index in [0.717, 1.165) is 51.9 Å². The monoisotopic (exact) mass is 367 g/mol. The number of rotatable bonds is 7. The van der Waals surface area contributed by atoms with Crippen molar-refractivity contribution in [3.05, 3.63) is 0 Å². The van der Waals surface area contributed by atoms with E-state index in [1.807, 2.05) is 0 Å². The maximum absolute atomic E-state index is 12.4. The molecule has 0 spiro atoms. The van der Waals surface area contributed by atoms with Gasteiger partial charge in [0.2, 0.25) is 5.91 Å². The number of hydrogen-bond acceptors (Lipinski definition) is 3. The Bertz CT molecular complexity index is 474. The summed E-state index contributed by atoms with van der Waals surface area (Å²) in [6.45, 7) is 15.2. The minimum atomic E-state index is -0.128. The molecule has 0 bridgehead atoms. The third-order valence-corrected chi connectivity index (χ3v) is 6.39. The fourth-order valence-corrected chi connectivity index (χ4v) is 5.11. The van der Waals surface area contributed by atoms with Gasteiger partial charge < -0.3 is 14.4 Å². The van der Waals surface area contributed by atoms with E-state index in [1.54, 1.807) is 6.92 Å². The molecular weight excluding hydrogens is 326 g/mol. The van der Waals surface area contributed by atoms with Crippen molar-refractivity contribution in [2.75, 3.05) is 19.8 Å². The van der Waals surface area contributed by atoms with Gasteiger partial charge >= 0.3 is 0 Å². The molecule has 2 fully saturated rings. The van der Waals surface area contributed by atoms with Crippen LogP contribution in [0.25, 0.3) is 0 Å². The second-order valence-corrected chi connectivity index (χ2v) is 9.86. The molecule has 0 aromatic carbocycles. The number of carbonyl (C=O) groups is 1. The topological polar surface area (TPSA) is 38.8 Å². The van der Waals surface area contributed by atoms with E-state index in [2.05, 4.69) is 39.5 Å². The summed E-state index contributed by atoms with van der Waals surface area (Å²) in [5, 5.41) is 0. The van der Waals surface area contributed by atoms with Crippen LogP contribution in [-0.4, -0.2) is 47.8 Å². The summed E-state index contributed by atoms with van der Waals surface area (Å²) in [5.41, 5.74) is 0.136. The first-order chi connectivity index (χ1) is 12.1. The summed E-state index contributed by atoms with van der Waals surface area (Å²) in [4.78, 5) is 14.6. The highest BCUT2D eigenvalue weighted by Gasteiger charge is 2.41. The van der Waals surface area contributed by atoms with Gasteiger partial charge in [0.25, 0.3) is 0 Å². The van der Waals surface area contributed by atoms with Crippen molar-refractivity contribution in [1.82, 2.24) is 4.90 Å². The number of hydrogen-bond donors (Lipinski definition) is 0. The smallest absolute Gasteiger partial charge is 0.219 e. The van der Waals surface area contributed by atoms with Crippen molar-refractivity contribution >= 4 is 5.91 Å². The van der Waals surface area contributed by atoms with Gasteiger partial charge in [-0.05, 0) is 71.6 Å². The van der Waals surface area contributed by atoms with E-state index in [-0.39, 0.29) is 17.1 Å². The molecule has 0 aliphatic carbocycles. The Labute approximate surface area is 161 Å². The highest BCUT2D eigenvalue weighted by molar-refractivity contribution is 5.73. The zero-order valence-corrected chi connectivity index (χ0v) is 18.0. The molecule has 4 heteroatoms. The molecule has 2 saturated heterocycles. The van der Waals surface area contributed by atoms with E-state index in [0.29, 0.717) is 11.5 Å². The molecule has 0 unspecified atom stereocenters. The van der Waals surface area contributed by atoms with Crippen molar-refractivity contribution in [3.8, 4) is 0 Å². The summed E-state index contributed by atoms with van der Waals surface area (Å²) in [6, 6.07) is 0.312. The summed E-state index contributed by atoms with van der Waals surface area (Å²) in [5.74, 6) is 0.213. The van der Waals surface area contributed by atoms with Crippen LogP contribution in [0.15, 0.2) is 0 Å². The summed E-state index contributed by atoms with van der Waals surface area (Å²) < 4.78 is 11.9. The van der Waals surface area contributed by atoms with Gasteiger partial charge in [0, 0.05) is 32.7 Å². The summed E-state index contributed by atoms with van der Waals surface area (Å²) in [7, 11) is 0. The Morgan fingerprint density at radius 2 is 1.77 bits per heavy atom. The fourth-order valence-electron chi connectivity index (χ4n) is 5.11. The van der Waals surface area contributed by atoms with Gasteiger partial charge in [-0.3, -0.25) is 4.79 Å². The molecule has 0 aromatic rings. The lowest BCUT2D eigenvalue weighted by atomic mass is 9.68. The largest absolute Gasteiger partial charge is 0.376 e. The van der Waals surface area contributed by atoms with Crippen LogP contribution >= 0.6 is 0 Å². The average Bonchev–Trinajstić information content (AvgIpc) is 2.51. The van der Waals surface area contributed by atoms with Crippen LogP contribution in [0, 0.1) is 5.41 Å². The molecule has 26 heavy (non-hydrogen) atoms. The van der Waals surface area contributed by atoms with Crippen LogP contribution in [0.3, 0.4) is 0 Å². The van der Waals surface area contributed by atoms with E-state index in [4.69, 9.17) is 9.47 Å². The van der Waals surface area contributed by atoms with E-state index >= 15 is 0 Å². The Hall–Kier alpha value is -0.610. The Morgan fingerprint density at radius 1 is 1.08 bits per heavy atom. The Morgan fingerprint density at radius 3 is 2.35 bits per heavy atom. The van der Waals surface area contributed by atoms with Gasteiger partial charge in [-0.15, -0.1) is 0 Å². The van der Waals surface area contributed by atoms with Crippen molar-refractivity contribution < 1.29 is 14.3 Å². The number of ether oxygens (including phenoxy) is 2. The first-order valence-electron chi connectivity index (χ1n) is 10.6. The Kier molecular flexibility index (Phi) is 7.17. The SMILES string of the molecule is CCCC[C@@]1(CCN(C(C)=O)[C@H]2CCOC(C)(C)C2)CCOC(C)(C)C1. The summed E-state index contributed by atoms with van der Waals surface area (Å²) in [6.07, 6.45) is 8.96. The van der Waals surface area contributed by atoms with Gasteiger partial charge in [-0.2, -0.15) is 0 Å². The zero-order valence-electron chi connectivity index (χ0n) is 18.0. The number of amides is 1. The fraction of sp³-hybridized carbons (Fsp3) is 0.955. The third kappa shape index (κ3) is 5.95. The zero-order chi connectivity index (χ0) is 19.4. The van der Waals surface area contributed by atoms with Crippen LogP contribution in [0.4, 0.5) is 0 Å². The molecule has 152 valence electrons. The first kappa shape index (κ1) is 21.7. The maximum Gasteiger partial charge on any atom is 0.219 e. The predicted molar refractivity (Wildman–Crippen MR) is 106 cm³/mol. The van der Waals surface area contributed by atoms with Crippen LogP contribution in [0.2, 0.25) is 0 Å². The average molecular weight is 368 g/mol. The van der Waals surface area contributed by atoms with Crippen molar-refractivity contribution in [3.63, 3.8) is 0 Å². The molecule has 2 aliphatic heterocycles. The van der Waals surface area contributed by atoms with Gasteiger partial charge in [0.1, 0.15) is 0 Å². The van der Waals surface area contributed by atoms with Crippen molar-refractivity contribution in [1.29, 1.82) is 0 Å². The third-order valence-electron chi connectivity index (χ3n) is 6.39. The highest BCUT2D eigenvalue weighted by atomic mass is 16.5. The molecule has 2 heterocycles. The molecule has 2 rings (SSSR count). The predicted octanol–water partition coefficient (Wildman–Crippen LogP) is 4.95. The molecule has 1 amide bonds. The molecule has 0 saturated carbocycles. The van der Waals surface area contributed by atoms with Crippen LogP contribution in [0.5, 0.6) is 0 Å². The molecular formula is C22H41NO3. The molecule has 4 nitrogen and oxygen atoms in total. The first-order valence-corrected chi connectivity index (χ1v) is 10.6. The lowest BCUT2D eigenvalue weighted by Gasteiger charge is -2.47. The number of unbranched alkanes of at least 4 members (excludes halogenated alkanes) is 1. The van der Waals surface area contributed by atoms with Crippen molar-refractivity contribution in [2.45, 2.75) is 110 Å². The standard InChI is InChI=1S/C22H41NO3/c1-7-8-10-22(12-15-26-21(5,6)17-22)11-13-23(18(2)24)19-9-14-25-20(3,4)16-19/h19H,7-17H2,1-6H3/t19-,22+/m0/s1. The van der Waals surface area contributed by atoms with E-state index in [9.17, 15) is 4.79 Å². The number of nitrogens with zero attached hydrogens (tertiary/aromatic N) is 1. The second kappa shape index (κ2) is 8.60. The molecule has 2 aliphatic rings. The van der Waals surface area contributed by atoms with E-state index < -0.39 is 0 Å². The highest BCUT2D eigenvalue weighted by Crippen LogP contribution is 2.45. The normalized spacial score (nSPS) is 30.8. The second-order valence-electron chi connectivity index (χ2n) is 9.86. The van der Waals surface area contributed by atoms with Crippen molar-refractivity contribution in [2.24, 2.45) is 5.41 Å². The summed E-state index contributed by atoms with van der Waals surface area (Å²) >= 11 is 0. The van der Waals surface area contributed by atoms with Gasteiger partial charge in [0.05, 0.1) is 11.2 Å². The van der Waals surface area contributed by atoms with Crippen LogP contribution < -0.4 is 0 Å². The minimum absolute atomic E-state index is 0.0479.